The fourth-order valence-electron chi connectivity index (χ4n) is 2.64. The molecule has 2 nitrogen and oxygen atoms in total. The van der Waals surface area contributed by atoms with E-state index >= 15 is 0 Å². The van der Waals surface area contributed by atoms with Crippen molar-refractivity contribution in [2.75, 3.05) is 13.2 Å². The molecule has 1 atom stereocenters. The molecule has 0 aromatic carbocycles. The highest BCUT2D eigenvalue weighted by Crippen LogP contribution is 2.45. The van der Waals surface area contributed by atoms with Gasteiger partial charge in [0.05, 0.1) is 12.2 Å². The minimum atomic E-state index is -0.361. The second-order valence-electron chi connectivity index (χ2n) is 4.53. The zero-order valence-electron chi connectivity index (χ0n) is 7.75. The van der Waals surface area contributed by atoms with E-state index in [9.17, 15) is 5.11 Å². The van der Waals surface area contributed by atoms with Crippen LogP contribution in [0.3, 0.4) is 0 Å². The standard InChI is InChI=1S/C10H18O2/c1-8-5-10(11,6-8)9-3-2-4-12-7-9/h8-9,11H,2-7H2,1H3. The van der Waals surface area contributed by atoms with Crippen molar-refractivity contribution >= 4 is 0 Å². The molecule has 1 N–H and O–H groups in total. The van der Waals surface area contributed by atoms with E-state index < -0.39 is 0 Å². The molecule has 1 heterocycles. The number of aliphatic hydroxyl groups is 1. The van der Waals surface area contributed by atoms with Gasteiger partial charge in [0.15, 0.2) is 0 Å². The predicted octanol–water partition coefficient (Wildman–Crippen LogP) is 1.57. The van der Waals surface area contributed by atoms with Crippen LogP contribution in [0.2, 0.25) is 0 Å². The first-order valence-corrected chi connectivity index (χ1v) is 5.01. The van der Waals surface area contributed by atoms with Gasteiger partial charge in [-0.15, -0.1) is 0 Å². The number of ether oxygens (including phenoxy) is 1. The van der Waals surface area contributed by atoms with Gasteiger partial charge in [0.25, 0.3) is 0 Å². The van der Waals surface area contributed by atoms with Gasteiger partial charge in [-0.3, -0.25) is 0 Å². The van der Waals surface area contributed by atoms with Gasteiger partial charge < -0.3 is 9.84 Å². The maximum Gasteiger partial charge on any atom is 0.0702 e. The molecule has 1 saturated heterocycles. The largest absolute Gasteiger partial charge is 0.389 e. The maximum absolute atomic E-state index is 10.1. The van der Waals surface area contributed by atoms with Crippen molar-refractivity contribution in [3.63, 3.8) is 0 Å². The molecule has 0 aromatic heterocycles. The van der Waals surface area contributed by atoms with E-state index in [1.165, 1.54) is 0 Å². The molecule has 2 rings (SSSR count). The van der Waals surface area contributed by atoms with Crippen LogP contribution in [0.15, 0.2) is 0 Å². The number of hydrogen-bond acceptors (Lipinski definition) is 2. The summed E-state index contributed by atoms with van der Waals surface area (Å²) < 4.78 is 5.38. The first kappa shape index (κ1) is 8.52. The van der Waals surface area contributed by atoms with E-state index in [0.29, 0.717) is 5.92 Å². The number of rotatable bonds is 1. The van der Waals surface area contributed by atoms with Crippen molar-refractivity contribution in [1.29, 1.82) is 0 Å². The smallest absolute Gasteiger partial charge is 0.0702 e. The quantitative estimate of drug-likeness (QED) is 0.647. The Hall–Kier alpha value is -0.0800. The molecular weight excluding hydrogens is 152 g/mol. The van der Waals surface area contributed by atoms with Gasteiger partial charge in [0.1, 0.15) is 0 Å². The summed E-state index contributed by atoms with van der Waals surface area (Å²) in [5.41, 5.74) is -0.361. The molecule has 1 unspecified atom stereocenters. The van der Waals surface area contributed by atoms with Crippen molar-refractivity contribution in [3.05, 3.63) is 0 Å². The van der Waals surface area contributed by atoms with E-state index in [-0.39, 0.29) is 5.60 Å². The number of hydrogen-bond donors (Lipinski definition) is 1. The third-order valence-corrected chi connectivity index (χ3v) is 3.32. The molecule has 2 heteroatoms. The van der Waals surface area contributed by atoms with Gasteiger partial charge in [0, 0.05) is 12.5 Å². The monoisotopic (exact) mass is 170 g/mol. The molecule has 2 aliphatic rings. The van der Waals surface area contributed by atoms with E-state index in [1.807, 2.05) is 0 Å². The van der Waals surface area contributed by atoms with Gasteiger partial charge in [-0.05, 0) is 31.6 Å². The molecule has 70 valence electrons. The first-order valence-electron chi connectivity index (χ1n) is 5.01. The Morgan fingerprint density at radius 2 is 2.17 bits per heavy atom. The molecule has 1 aliphatic carbocycles. The average molecular weight is 170 g/mol. The lowest BCUT2D eigenvalue weighted by Crippen LogP contribution is -2.51. The molecule has 12 heavy (non-hydrogen) atoms. The second-order valence-corrected chi connectivity index (χ2v) is 4.53. The van der Waals surface area contributed by atoms with Crippen molar-refractivity contribution in [2.24, 2.45) is 11.8 Å². The van der Waals surface area contributed by atoms with Gasteiger partial charge in [-0.25, -0.2) is 0 Å². The lowest BCUT2D eigenvalue weighted by molar-refractivity contribution is -0.145. The van der Waals surface area contributed by atoms with Crippen LogP contribution in [0.5, 0.6) is 0 Å². The zero-order chi connectivity index (χ0) is 8.60. The molecule has 1 aliphatic heterocycles. The summed E-state index contributed by atoms with van der Waals surface area (Å²) in [5, 5.41) is 10.1. The lowest BCUT2D eigenvalue weighted by Gasteiger charge is -2.48. The van der Waals surface area contributed by atoms with Crippen molar-refractivity contribution in [1.82, 2.24) is 0 Å². The van der Waals surface area contributed by atoms with E-state index in [4.69, 9.17) is 4.74 Å². The van der Waals surface area contributed by atoms with Crippen LogP contribution in [0.1, 0.15) is 32.6 Å². The predicted molar refractivity (Wildman–Crippen MR) is 46.9 cm³/mol. The Bertz CT molecular complexity index is 155. The summed E-state index contributed by atoms with van der Waals surface area (Å²) in [4.78, 5) is 0. The van der Waals surface area contributed by atoms with Gasteiger partial charge in [-0.2, -0.15) is 0 Å². The van der Waals surface area contributed by atoms with E-state index in [1.54, 1.807) is 0 Å². The van der Waals surface area contributed by atoms with Crippen LogP contribution in [-0.2, 0) is 4.74 Å². The maximum atomic E-state index is 10.1. The average Bonchev–Trinajstić information content (AvgIpc) is 2.04. The minimum Gasteiger partial charge on any atom is -0.389 e. The Morgan fingerprint density at radius 3 is 2.67 bits per heavy atom. The Morgan fingerprint density at radius 1 is 1.42 bits per heavy atom. The molecule has 0 spiro atoms. The molecule has 0 amide bonds. The normalized spacial score (nSPS) is 48.5. The SMILES string of the molecule is CC1CC(O)(C2CCCOC2)C1. The van der Waals surface area contributed by atoms with Gasteiger partial charge >= 0.3 is 0 Å². The molecule has 1 saturated carbocycles. The fraction of sp³-hybridized carbons (Fsp3) is 1.00. The van der Waals surface area contributed by atoms with Crippen LogP contribution in [-0.4, -0.2) is 23.9 Å². The van der Waals surface area contributed by atoms with Crippen LogP contribution < -0.4 is 0 Å². The summed E-state index contributed by atoms with van der Waals surface area (Å²) in [5.74, 6) is 1.14. The summed E-state index contributed by atoms with van der Waals surface area (Å²) in [6.45, 7) is 3.88. The summed E-state index contributed by atoms with van der Waals surface area (Å²) in [7, 11) is 0. The highest BCUT2D eigenvalue weighted by atomic mass is 16.5. The van der Waals surface area contributed by atoms with Crippen LogP contribution in [0.4, 0.5) is 0 Å². The van der Waals surface area contributed by atoms with E-state index in [0.717, 1.165) is 44.8 Å². The van der Waals surface area contributed by atoms with Crippen LogP contribution >= 0.6 is 0 Å². The molecule has 0 radical (unpaired) electrons. The fourth-order valence-corrected chi connectivity index (χ4v) is 2.64. The second kappa shape index (κ2) is 3.00. The Balaban J connectivity index is 1.90. The Labute approximate surface area is 73.9 Å². The molecule has 0 aromatic rings. The minimum absolute atomic E-state index is 0.361. The van der Waals surface area contributed by atoms with E-state index in [2.05, 4.69) is 6.92 Å². The summed E-state index contributed by atoms with van der Waals surface area (Å²) in [6, 6.07) is 0. The Kier molecular flexibility index (Phi) is 2.13. The van der Waals surface area contributed by atoms with Crippen molar-refractivity contribution in [3.8, 4) is 0 Å². The third kappa shape index (κ3) is 1.38. The first-order chi connectivity index (χ1) is 5.71. The summed E-state index contributed by atoms with van der Waals surface area (Å²) >= 11 is 0. The topological polar surface area (TPSA) is 29.5 Å². The van der Waals surface area contributed by atoms with Crippen LogP contribution in [0, 0.1) is 11.8 Å². The summed E-state index contributed by atoms with van der Waals surface area (Å²) in [6.07, 6.45) is 4.26. The zero-order valence-corrected chi connectivity index (χ0v) is 7.75. The highest BCUT2D eigenvalue weighted by Gasteiger charge is 2.46. The van der Waals surface area contributed by atoms with Gasteiger partial charge in [0.2, 0.25) is 0 Å². The van der Waals surface area contributed by atoms with Gasteiger partial charge in [-0.1, -0.05) is 6.92 Å². The van der Waals surface area contributed by atoms with Crippen molar-refractivity contribution in [2.45, 2.75) is 38.2 Å². The lowest BCUT2D eigenvalue weighted by atomic mass is 9.64. The molecule has 2 fully saturated rings. The van der Waals surface area contributed by atoms with Crippen molar-refractivity contribution < 1.29 is 9.84 Å². The molecular formula is C10H18O2. The highest BCUT2D eigenvalue weighted by molar-refractivity contribution is 4.97. The van der Waals surface area contributed by atoms with Crippen LogP contribution in [0.25, 0.3) is 0 Å². The molecule has 0 bridgehead atoms. The third-order valence-electron chi connectivity index (χ3n) is 3.32.